The molecular formula is C33H29F8NO5. The number of ether oxygens (including phenoxy) is 2. The number of fused-ring (bicyclic) bond motifs is 2. The second-order valence-corrected chi connectivity index (χ2v) is 12.4. The monoisotopic (exact) mass is 671 g/mol. The Morgan fingerprint density at radius 3 is 2.11 bits per heavy atom. The van der Waals surface area contributed by atoms with E-state index >= 15 is 30.7 Å². The average molecular weight is 672 g/mol. The van der Waals surface area contributed by atoms with Gasteiger partial charge in [0.15, 0.2) is 17.7 Å². The molecule has 0 unspecified atom stereocenters. The third-order valence-electron chi connectivity index (χ3n) is 8.04. The normalized spacial score (nSPS) is 15.6. The Labute approximate surface area is 263 Å². The molecule has 1 N–H and O–H groups in total. The third kappa shape index (κ3) is 6.39. The van der Waals surface area contributed by atoms with Gasteiger partial charge in [-0.25, -0.2) is 13.6 Å². The van der Waals surface area contributed by atoms with Crippen LogP contribution in [0.2, 0.25) is 0 Å². The van der Waals surface area contributed by atoms with Crippen molar-refractivity contribution in [3.8, 4) is 16.9 Å². The molecule has 2 aliphatic rings. The number of alkyl halides is 6. The smallest absolute Gasteiger partial charge is 0.417 e. The van der Waals surface area contributed by atoms with Gasteiger partial charge in [-0.2, -0.15) is 26.3 Å². The summed E-state index contributed by atoms with van der Waals surface area (Å²) >= 11 is 0. The largest absolute Gasteiger partial charge is 0.490 e. The molecule has 0 fully saturated rings. The fraction of sp³-hybridized carbons (Fsp3) is 0.394. The zero-order valence-corrected chi connectivity index (χ0v) is 25.6. The Bertz CT molecular complexity index is 1770. The zero-order valence-electron chi connectivity index (χ0n) is 25.6. The van der Waals surface area contributed by atoms with Crippen LogP contribution < -0.4 is 4.74 Å². The lowest BCUT2D eigenvalue weighted by atomic mass is 9.79. The Morgan fingerprint density at radius 1 is 0.936 bits per heavy atom. The first-order valence-electron chi connectivity index (χ1n) is 14.5. The molecule has 0 aliphatic carbocycles. The van der Waals surface area contributed by atoms with E-state index in [1.165, 1.54) is 27.7 Å². The van der Waals surface area contributed by atoms with E-state index in [-0.39, 0.29) is 35.5 Å². The maximum atomic E-state index is 15.5. The number of carbonyl (C=O) groups is 2. The molecule has 3 aromatic carbocycles. The molecule has 1 atom stereocenters. The van der Waals surface area contributed by atoms with Crippen molar-refractivity contribution in [2.45, 2.75) is 77.7 Å². The van der Waals surface area contributed by atoms with Crippen molar-refractivity contribution in [1.29, 1.82) is 0 Å². The number of benzene rings is 3. The first-order chi connectivity index (χ1) is 21.7. The fourth-order valence-corrected chi connectivity index (χ4v) is 6.29. The second kappa shape index (κ2) is 11.8. The molecule has 6 nitrogen and oxygen atoms in total. The summed E-state index contributed by atoms with van der Waals surface area (Å²) in [6.45, 7) is 3.35. The van der Waals surface area contributed by atoms with Gasteiger partial charge >= 0.3 is 18.3 Å². The zero-order chi connectivity index (χ0) is 34.8. The van der Waals surface area contributed by atoms with Crippen LogP contribution >= 0.6 is 0 Å². The molecule has 0 saturated heterocycles. The number of carboxylic acid groups (broad SMARTS) is 1. The summed E-state index contributed by atoms with van der Waals surface area (Å²) in [5.74, 6) is -5.33. The van der Waals surface area contributed by atoms with Crippen LogP contribution in [-0.2, 0) is 41.4 Å². The fourth-order valence-electron chi connectivity index (χ4n) is 6.29. The summed E-state index contributed by atoms with van der Waals surface area (Å²) in [6, 6.07) is 4.71. The Hall–Kier alpha value is -4.20. The van der Waals surface area contributed by atoms with Crippen molar-refractivity contribution >= 4 is 11.9 Å². The number of nitrogens with zero attached hydrogens (tertiary/aromatic N) is 1. The van der Waals surface area contributed by atoms with E-state index in [4.69, 9.17) is 9.47 Å². The van der Waals surface area contributed by atoms with E-state index in [0.29, 0.717) is 17.4 Å². The van der Waals surface area contributed by atoms with E-state index in [0.717, 1.165) is 24.3 Å². The number of rotatable bonds is 5. The lowest BCUT2D eigenvalue weighted by molar-refractivity contribution is -0.163. The summed E-state index contributed by atoms with van der Waals surface area (Å²) in [5, 5.41) is 10.3. The van der Waals surface area contributed by atoms with Gasteiger partial charge in [-0.3, -0.25) is 4.79 Å². The molecule has 0 radical (unpaired) electrons. The minimum absolute atomic E-state index is 0.0356. The topological polar surface area (TPSA) is 76.1 Å². The summed E-state index contributed by atoms with van der Waals surface area (Å²) < 4.78 is 132. The minimum Gasteiger partial charge on any atom is -0.490 e. The molecule has 252 valence electrons. The second-order valence-electron chi connectivity index (χ2n) is 12.4. The summed E-state index contributed by atoms with van der Waals surface area (Å²) in [6.07, 6.45) is -13.0. The molecular weight excluding hydrogens is 642 g/mol. The molecule has 2 aliphatic heterocycles. The molecule has 0 aromatic heterocycles. The van der Waals surface area contributed by atoms with Crippen LogP contribution in [0, 0.1) is 18.6 Å². The Balaban J connectivity index is 1.94. The van der Waals surface area contributed by atoms with Crippen molar-refractivity contribution in [3.63, 3.8) is 0 Å². The number of carbonyl (C=O) groups excluding carboxylic acids is 1. The number of amides is 1. The first kappa shape index (κ1) is 34.1. The van der Waals surface area contributed by atoms with E-state index in [2.05, 4.69) is 0 Å². The lowest BCUT2D eigenvalue weighted by Crippen LogP contribution is -2.31. The van der Waals surface area contributed by atoms with Crippen LogP contribution in [0.3, 0.4) is 0 Å². The van der Waals surface area contributed by atoms with Crippen molar-refractivity contribution in [3.05, 3.63) is 86.5 Å². The number of halogens is 8. The number of carboxylic acids is 1. The standard InChI is InChI=1S/C33H29F8NO5/c1-15-18-9-6-10-46-27(18)22(35)12-19(15)23-24(28(30(44)45)47-31(2,3)4)26(33(39,40)41)21-14-42(13-20(21)25(23)32(36,37)38)29(43)16-7-5-8-17(34)11-16/h5,7-8,11-12,28H,6,9-10,13-14H2,1-4H3,(H,44,45)/t28-/m0/s1. The van der Waals surface area contributed by atoms with Gasteiger partial charge in [0.1, 0.15) is 5.82 Å². The first-order valence-corrected chi connectivity index (χ1v) is 14.5. The van der Waals surface area contributed by atoms with Crippen LogP contribution in [0.1, 0.15) is 82.6 Å². The molecule has 14 heteroatoms. The summed E-state index contributed by atoms with van der Waals surface area (Å²) in [7, 11) is 0. The molecule has 0 spiro atoms. The maximum Gasteiger partial charge on any atom is 0.417 e. The molecule has 0 bridgehead atoms. The van der Waals surface area contributed by atoms with Gasteiger partial charge in [0.25, 0.3) is 5.91 Å². The van der Waals surface area contributed by atoms with Gasteiger partial charge in [-0.1, -0.05) is 6.07 Å². The van der Waals surface area contributed by atoms with Gasteiger partial charge in [-0.05, 0) is 87.1 Å². The maximum absolute atomic E-state index is 15.5. The van der Waals surface area contributed by atoms with Crippen LogP contribution in [-0.4, -0.2) is 34.1 Å². The summed E-state index contributed by atoms with van der Waals surface area (Å²) in [5.41, 5.74) is -10.3. The SMILES string of the molecule is Cc1c(-c2c([C@H](OC(C)(C)C)C(=O)O)c(C(F)(F)F)c3c(c2C(F)(F)F)CN(C(=O)c2cccc(F)c2)C3)cc(F)c2c1CCCO2. The molecule has 5 rings (SSSR count). The molecule has 2 heterocycles. The number of hydrogen-bond donors (Lipinski definition) is 1. The predicted molar refractivity (Wildman–Crippen MR) is 152 cm³/mol. The predicted octanol–water partition coefficient (Wildman–Crippen LogP) is 8.40. The molecule has 1 amide bonds. The van der Waals surface area contributed by atoms with Gasteiger partial charge in [0, 0.05) is 35.3 Å². The van der Waals surface area contributed by atoms with Crippen LogP contribution in [0.25, 0.3) is 11.1 Å². The summed E-state index contributed by atoms with van der Waals surface area (Å²) in [4.78, 5) is 26.7. The van der Waals surface area contributed by atoms with Crippen molar-refractivity contribution < 1.29 is 59.3 Å². The van der Waals surface area contributed by atoms with Gasteiger partial charge in [-0.15, -0.1) is 0 Å². The molecule has 47 heavy (non-hydrogen) atoms. The minimum atomic E-state index is -5.48. The number of hydrogen-bond acceptors (Lipinski definition) is 4. The highest BCUT2D eigenvalue weighted by Crippen LogP contribution is 2.54. The van der Waals surface area contributed by atoms with Crippen molar-refractivity contribution in [2.24, 2.45) is 0 Å². The quantitative estimate of drug-likeness (QED) is 0.276. The Morgan fingerprint density at radius 2 is 1.55 bits per heavy atom. The van der Waals surface area contributed by atoms with Gasteiger partial charge in [0.05, 0.1) is 23.3 Å². The molecule has 0 saturated carbocycles. The highest BCUT2D eigenvalue weighted by molar-refractivity contribution is 5.95. The highest BCUT2D eigenvalue weighted by Gasteiger charge is 2.51. The van der Waals surface area contributed by atoms with E-state index in [1.54, 1.807) is 0 Å². The number of aliphatic carboxylic acids is 1. The highest BCUT2D eigenvalue weighted by atomic mass is 19.4. The lowest BCUT2D eigenvalue weighted by Gasteiger charge is -2.32. The van der Waals surface area contributed by atoms with E-state index in [1.807, 2.05) is 0 Å². The third-order valence-corrected chi connectivity index (χ3v) is 8.04. The van der Waals surface area contributed by atoms with Crippen LogP contribution in [0.5, 0.6) is 5.75 Å². The van der Waals surface area contributed by atoms with Crippen molar-refractivity contribution in [2.75, 3.05) is 6.61 Å². The average Bonchev–Trinajstić information content (AvgIpc) is 3.38. The van der Waals surface area contributed by atoms with Crippen molar-refractivity contribution in [1.82, 2.24) is 4.90 Å². The van der Waals surface area contributed by atoms with Gasteiger partial charge < -0.3 is 19.5 Å². The van der Waals surface area contributed by atoms with Crippen LogP contribution in [0.15, 0.2) is 30.3 Å². The van der Waals surface area contributed by atoms with Gasteiger partial charge in [0.2, 0.25) is 0 Å². The van der Waals surface area contributed by atoms with Crippen LogP contribution in [0.4, 0.5) is 35.1 Å². The Kier molecular flexibility index (Phi) is 8.57. The molecule has 3 aromatic rings. The van der Waals surface area contributed by atoms with E-state index in [9.17, 15) is 19.1 Å². The van der Waals surface area contributed by atoms with E-state index < -0.39 is 99.6 Å².